The number of amidine groups is 1. The van der Waals surface area contributed by atoms with Crippen molar-refractivity contribution < 1.29 is 0 Å². The summed E-state index contributed by atoms with van der Waals surface area (Å²) in [6, 6.07) is 17.4. The Morgan fingerprint density at radius 1 is 0.880 bits per heavy atom. The highest BCUT2D eigenvalue weighted by Gasteiger charge is 2.20. The van der Waals surface area contributed by atoms with Gasteiger partial charge in [0.25, 0.3) is 0 Å². The van der Waals surface area contributed by atoms with E-state index in [1.54, 1.807) is 0 Å². The minimum Gasteiger partial charge on any atom is -0.387 e. The molecule has 0 amide bonds. The van der Waals surface area contributed by atoms with Gasteiger partial charge >= 0.3 is 0 Å². The quantitative estimate of drug-likeness (QED) is 0.0482. The van der Waals surface area contributed by atoms with Gasteiger partial charge in [0, 0.05) is 47.1 Å². The first-order valence-corrected chi connectivity index (χ1v) is 18.9. The molecule has 0 spiro atoms. The van der Waals surface area contributed by atoms with Crippen LogP contribution in [0.25, 0.3) is 16.3 Å². The molecule has 3 rings (SSSR count). The standard InChI is InChI=1S/C44H64N6/c1-10-15-16-24-42(45)47-40-30-34(44(6,7)8)31-41(35(40)13-4)49-43(14-5)48-39-26-25-36(37-22-17-18-23-38(37)39)33(32-46-9)21-19-20-29-50(27-11-2)28-12-3/h14,17-19,21-23,25-26,30-32,48-49H,9-13,15-16,20,24,27-29H2,1-8H3,(H2,45,47)/b21-19-,33-32+,43-14?. The van der Waals surface area contributed by atoms with Crippen molar-refractivity contribution in [2.75, 3.05) is 30.3 Å². The van der Waals surface area contributed by atoms with Crippen molar-refractivity contribution in [3.05, 3.63) is 95.5 Å². The van der Waals surface area contributed by atoms with E-state index in [-0.39, 0.29) is 5.41 Å². The topological polar surface area (TPSA) is 78.0 Å². The van der Waals surface area contributed by atoms with E-state index in [2.05, 4.69) is 149 Å². The third-order valence-electron chi connectivity index (χ3n) is 9.03. The fraction of sp³-hybridized carbons (Fsp3) is 0.455. The molecule has 0 bridgehead atoms. The van der Waals surface area contributed by atoms with E-state index in [1.807, 2.05) is 6.20 Å². The molecule has 0 aromatic heterocycles. The Labute approximate surface area is 303 Å². The van der Waals surface area contributed by atoms with Crippen molar-refractivity contribution >= 4 is 46.0 Å². The zero-order chi connectivity index (χ0) is 36.5. The molecule has 3 aromatic rings. The average Bonchev–Trinajstić information content (AvgIpc) is 3.09. The highest BCUT2D eigenvalue weighted by atomic mass is 15.1. The number of anilines is 2. The molecule has 0 unspecified atom stereocenters. The summed E-state index contributed by atoms with van der Waals surface area (Å²) in [5, 5.41) is 9.76. The minimum atomic E-state index is -0.0517. The first-order chi connectivity index (χ1) is 24.1. The lowest BCUT2D eigenvalue weighted by Gasteiger charge is -2.24. The molecule has 0 saturated carbocycles. The number of fused-ring (bicyclic) bond motifs is 1. The molecular formula is C44H64N6. The van der Waals surface area contributed by atoms with Gasteiger partial charge in [0.05, 0.1) is 11.5 Å². The summed E-state index contributed by atoms with van der Waals surface area (Å²) in [5.74, 6) is 1.60. The zero-order valence-electron chi connectivity index (χ0n) is 32.3. The van der Waals surface area contributed by atoms with E-state index >= 15 is 0 Å². The summed E-state index contributed by atoms with van der Waals surface area (Å²) in [7, 11) is 0. The third kappa shape index (κ3) is 11.7. The lowest BCUT2D eigenvalue weighted by Crippen LogP contribution is -2.26. The van der Waals surface area contributed by atoms with Crippen LogP contribution in [0.2, 0.25) is 0 Å². The Hall–Kier alpha value is -4.16. The van der Waals surface area contributed by atoms with E-state index in [9.17, 15) is 0 Å². The highest BCUT2D eigenvalue weighted by Crippen LogP contribution is 2.37. The summed E-state index contributed by atoms with van der Waals surface area (Å²) in [5.41, 5.74) is 14.0. The van der Waals surface area contributed by atoms with Crippen molar-refractivity contribution in [3.63, 3.8) is 0 Å². The van der Waals surface area contributed by atoms with Crippen LogP contribution in [-0.2, 0) is 11.8 Å². The molecule has 0 heterocycles. The van der Waals surface area contributed by atoms with Gasteiger partial charge in [-0.3, -0.25) is 4.99 Å². The van der Waals surface area contributed by atoms with Crippen molar-refractivity contribution in [1.29, 1.82) is 0 Å². The Morgan fingerprint density at radius 3 is 2.20 bits per heavy atom. The first kappa shape index (κ1) is 40.3. The van der Waals surface area contributed by atoms with Gasteiger partial charge in [-0.15, -0.1) is 0 Å². The normalized spacial score (nSPS) is 13.1. The Morgan fingerprint density at radius 2 is 1.58 bits per heavy atom. The number of hydrogen-bond acceptors (Lipinski definition) is 5. The van der Waals surface area contributed by atoms with Crippen LogP contribution in [0.15, 0.2) is 88.8 Å². The Bertz CT molecular complexity index is 1650. The monoisotopic (exact) mass is 677 g/mol. The number of allylic oxidation sites excluding steroid dienone is 3. The van der Waals surface area contributed by atoms with Crippen LogP contribution in [-0.4, -0.2) is 37.1 Å². The molecule has 270 valence electrons. The highest BCUT2D eigenvalue weighted by molar-refractivity contribution is 6.03. The molecule has 3 aromatic carbocycles. The third-order valence-corrected chi connectivity index (χ3v) is 9.03. The van der Waals surface area contributed by atoms with Gasteiger partial charge in [-0.05, 0) is 105 Å². The van der Waals surface area contributed by atoms with Gasteiger partial charge in [-0.2, -0.15) is 0 Å². The molecule has 50 heavy (non-hydrogen) atoms. The molecule has 0 aliphatic rings. The molecule has 0 aliphatic carbocycles. The van der Waals surface area contributed by atoms with E-state index in [1.165, 1.54) is 18.4 Å². The fourth-order valence-electron chi connectivity index (χ4n) is 6.30. The first-order valence-electron chi connectivity index (χ1n) is 18.9. The molecule has 0 atom stereocenters. The molecule has 6 heteroatoms. The number of nitrogens with zero attached hydrogens (tertiary/aromatic N) is 3. The molecular weight excluding hydrogens is 613 g/mol. The van der Waals surface area contributed by atoms with Crippen LogP contribution in [0.4, 0.5) is 17.1 Å². The summed E-state index contributed by atoms with van der Waals surface area (Å²) in [4.78, 5) is 11.7. The van der Waals surface area contributed by atoms with Crippen LogP contribution in [0.5, 0.6) is 0 Å². The number of nitrogens with one attached hydrogen (secondary N) is 2. The number of unbranched alkanes of at least 4 members (excludes halogenated alkanes) is 2. The van der Waals surface area contributed by atoms with Gasteiger partial charge in [0.15, 0.2) is 0 Å². The smallest absolute Gasteiger partial charge is 0.103 e. The summed E-state index contributed by atoms with van der Waals surface area (Å²) < 4.78 is 0. The maximum atomic E-state index is 6.47. The van der Waals surface area contributed by atoms with Gasteiger partial charge in [0.2, 0.25) is 0 Å². The second-order valence-corrected chi connectivity index (χ2v) is 14.1. The maximum Gasteiger partial charge on any atom is 0.103 e. The Balaban J connectivity index is 1.96. The summed E-state index contributed by atoms with van der Waals surface area (Å²) >= 11 is 0. The van der Waals surface area contributed by atoms with Gasteiger partial charge in [-0.1, -0.05) is 104 Å². The van der Waals surface area contributed by atoms with Crippen LogP contribution in [0.1, 0.15) is 117 Å². The van der Waals surface area contributed by atoms with E-state index in [0.717, 1.165) is 109 Å². The number of nitrogens with two attached hydrogens (primary N) is 1. The number of hydrogen-bond donors (Lipinski definition) is 3. The maximum absolute atomic E-state index is 6.47. The summed E-state index contributed by atoms with van der Waals surface area (Å²) in [6.45, 7) is 24.8. The second-order valence-electron chi connectivity index (χ2n) is 14.1. The van der Waals surface area contributed by atoms with Crippen molar-refractivity contribution in [3.8, 4) is 0 Å². The number of aliphatic imine (C=N–C) groups is 2. The summed E-state index contributed by atoms with van der Waals surface area (Å²) in [6.07, 6.45) is 16.8. The SMILES string of the molecule is C=N/C=C(\C=C/CCN(CCC)CCC)c1ccc(NC(=CC)Nc2cc(C(C)(C)C)cc(N=C(N)CCCCC)c2CC)c2ccccc12. The van der Waals surface area contributed by atoms with Crippen LogP contribution >= 0.6 is 0 Å². The van der Waals surface area contributed by atoms with Crippen molar-refractivity contribution in [2.45, 2.75) is 112 Å². The Kier molecular flexibility index (Phi) is 16.5. The molecule has 0 radical (unpaired) electrons. The lowest BCUT2D eigenvalue weighted by molar-refractivity contribution is 0.280. The van der Waals surface area contributed by atoms with Gasteiger partial charge < -0.3 is 21.3 Å². The lowest BCUT2D eigenvalue weighted by atomic mass is 9.85. The van der Waals surface area contributed by atoms with E-state index < -0.39 is 0 Å². The molecule has 0 saturated heterocycles. The van der Waals surface area contributed by atoms with Gasteiger partial charge in [0.1, 0.15) is 5.82 Å². The van der Waals surface area contributed by atoms with Crippen LogP contribution in [0.3, 0.4) is 0 Å². The van der Waals surface area contributed by atoms with E-state index in [0.29, 0.717) is 5.84 Å². The largest absolute Gasteiger partial charge is 0.387 e. The fourth-order valence-corrected chi connectivity index (χ4v) is 6.30. The van der Waals surface area contributed by atoms with Gasteiger partial charge in [-0.25, -0.2) is 4.99 Å². The molecule has 0 aliphatic heterocycles. The van der Waals surface area contributed by atoms with Crippen LogP contribution < -0.4 is 16.4 Å². The zero-order valence-corrected chi connectivity index (χ0v) is 32.3. The number of rotatable bonds is 20. The number of benzene rings is 3. The molecule has 6 nitrogen and oxygen atoms in total. The minimum absolute atomic E-state index is 0.0517. The average molecular weight is 677 g/mol. The second kappa shape index (κ2) is 20.5. The predicted molar refractivity (Wildman–Crippen MR) is 223 cm³/mol. The van der Waals surface area contributed by atoms with E-state index in [4.69, 9.17) is 10.7 Å². The van der Waals surface area contributed by atoms with Crippen molar-refractivity contribution in [2.24, 2.45) is 15.7 Å². The van der Waals surface area contributed by atoms with Crippen molar-refractivity contribution in [1.82, 2.24) is 4.90 Å². The molecule has 4 N–H and O–H groups in total. The molecule has 0 fully saturated rings. The predicted octanol–water partition coefficient (Wildman–Crippen LogP) is 11.8. The van der Waals surface area contributed by atoms with Crippen LogP contribution in [0, 0.1) is 0 Å².